The van der Waals surface area contributed by atoms with E-state index in [1.165, 1.54) is 24.9 Å². The highest BCUT2D eigenvalue weighted by Gasteiger charge is 2.44. The van der Waals surface area contributed by atoms with Crippen molar-refractivity contribution in [2.75, 3.05) is 12.9 Å². The summed E-state index contributed by atoms with van der Waals surface area (Å²) in [5, 5.41) is 7.14. The van der Waals surface area contributed by atoms with Crippen molar-refractivity contribution in [1.29, 1.82) is 0 Å². The number of thioether (sulfide) groups is 1. The molecular formula is C12H13F3N2O2S. The minimum atomic E-state index is -4.47. The van der Waals surface area contributed by atoms with E-state index in [9.17, 15) is 18.0 Å². The molecule has 4 nitrogen and oxygen atoms in total. The van der Waals surface area contributed by atoms with Gasteiger partial charge in [0.1, 0.15) is 5.03 Å². The number of carbonyl (C=O) groups is 1. The summed E-state index contributed by atoms with van der Waals surface area (Å²) in [6.07, 6.45) is -2.30. The first-order valence-electron chi connectivity index (χ1n) is 5.95. The zero-order chi connectivity index (χ0) is 14.8. The van der Waals surface area contributed by atoms with Crippen LogP contribution in [0.3, 0.4) is 0 Å². The molecule has 0 aliphatic heterocycles. The van der Waals surface area contributed by atoms with Crippen LogP contribution in [0.5, 0.6) is 0 Å². The van der Waals surface area contributed by atoms with Crippen molar-refractivity contribution in [2.24, 2.45) is 5.41 Å². The monoisotopic (exact) mass is 306 g/mol. The third kappa shape index (κ3) is 3.84. The Balaban J connectivity index is 1.90. The molecule has 0 radical (unpaired) electrons. The van der Waals surface area contributed by atoms with Crippen LogP contribution in [0.15, 0.2) is 17.2 Å². The summed E-state index contributed by atoms with van der Waals surface area (Å²) >= 11 is 1.31. The molecule has 2 rings (SSSR count). The van der Waals surface area contributed by atoms with Gasteiger partial charge in [0.25, 0.3) is 0 Å². The smallest absolute Gasteiger partial charge is 0.435 e. The van der Waals surface area contributed by atoms with Crippen LogP contribution in [0.2, 0.25) is 0 Å². The van der Waals surface area contributed by atoms with Gasteiger partial charge in [-0.05, 0) is 30.4 Å². The maximum absolute atomic E-state index is 12.3. The maximum atomic E-state index is 12.3. The number of hydrogen-bond donors (Lipinski definition) is 0. The molecule has 1 fully saturated rings. The van der Waals surface area contributed by atoms with Crippen molar-refractivity contribution in [1.82, 2.24) is 10.2 Å². The molecule has 0 N–H and O–H groups in total. The zero-order valence-corrected chi connectivity index (χ0v) is 11.6. The largest absolute Gasteiger partial charge is 0.469 e. The predicted molar refractivity (Wildman–Crippen MR) is 66.1 cm³/mol. The van der Waals surface area contributed by atoms with Crippen molar-refractivity contribution in [3.05, 3.63) is 17.8 Å². The van der Waals surface area contributed by atoms with Crippen LogP contribution in [0.1, 0.15) is 25.0 Å². The van der Waals surface area contributed by atoms with E-state index in [1.807, 2.05) is 0 Å². The van der Waals surface area contributed by atoms with Crippen molar-refractivity contribution < 1.29 is 22.7 Å². The summed E-state index contributed by atoms with van der Waals surface area (Å²) in [7, 11) is 1.34. The standard InChI is InChI=1S/C12H13F3N2O2S/c1-19-10(18)6-11(4-5-11)7-20-9-3-2-8(16-17-9)12(13,14)15/h2-3H,4-7H2,1H3. The number of alkyl halides is 3. The molecule has 1 heterocycles. The Kier molecular flexibility index (Phi) is 4.22. The van der Waals surface area contributed by atoms with Gasteiger partial charge in [0.05, 0.1) is 13.5 Å². The summed E-state index contributed by atoms with van der Waals surface area (Å²) in [5.41, 5.74) is -1.10. The molecule has 110 valence electrons. The van der Waals surface area contributed by atoms with Crippen molar-refractivity contribution in [3.63, 3.8) is 0 Å². The average Bonchev–Trinajstić information content (AvgIpc) is 3.16. The minimum Gasteiger partial charge on any atom is -0.469 e. The summed E-state index contributed by atoms with van der Waals surface area (Å²) in [5.74, 6) is 0.365. The van der Waals surface area contributed by atoms with Gasteiger partial charge < -0.3 is 4.74 Å². The summed E-state index contributed by atoms with van der Waals surface area (Å²) in [4.78, 5) is 11.2. The zero-order valence-electron chi connectivity index (χ0n) is 10.7. The number of nitrogens with zero attached hydrogens (tertiary/aromatic N) is 2. The fourth-order valence-corrected chi connectivity index (χ4v) is 2.81. The fourth-order valence-electron chi connectivity index (χ4n) is 1.70. The average molecular weight is 306 g/mol. The number of halogens is 3. The van der Waals surface area contributed by atoms with Crippen LogP contribution < -0.4 is 0 Å². The first-order valence-corrected chi connectivity index (χ1v) is 6.94. The number of methoxy groups -OCH3 is 1. The molecule has 1 aliphatic rings. The third-order valence-electron chi connectivity index (χ3n) is 3.16. The van der Waals surface area contributed by atoms with Crippen molar-refractivity contribution in [3.8, 4) is 0 Å². The summed E-state index contributed by atoms with van der Waals surface area (Å²) in [6, 6.07) is 2.21. The lowest BCUT2D eigenvalue weighted by Gasteiger charge is -2.12. The molecule has 0 saturated heterocycles. The molecule has 1 aromatic rings. The molecule has 1 saturated carbocycles. The number of rotatable bonds is 5. The molecule has 0 amide bonds. The maximum Gasteiger partial charge on any atom is 0.435 e. The van der Waals surface area contributed by atoms with Gasteiger partial charge in [0.2, 0.25) is 0 Å². The highest BCUT2D eigenvalue weighted by molar-refractivity contribution is 7.99. The molecular weight excluding hydrogens is 293 g/mol. The van der Waals surface area contributed by atoms with Gasteiger partial charge in [0, 0.05) is 5.75 Å². The Morgan fingerprint density at radius 1 is 1.40 bits per heavy atom. The van der Waals surface area contributed by atoms with Crippen LogP contribution in [0.25, 0.3) is 0 Å². The Labute approximate surface area is 118 Å². The molecule has 0 spiro atoms. The lowest BCUT2D eigenvalue weighted by atomic mass is 10.1. The van der Waals surface area contributed by atoms with E-state index < -0.39 is 11.9 Å². The Morgan fingerprint density at radius 2 is 2.10 bits per heavy atom. The van der Waals surface area contributed by atoms with Gasteiger partial charge in [-0.15, -0.1) is 22.0 Å². The number of carbonyl (C=O) groups excluding carboxylic acids is 1. The quantitative estimate of drug-likeness (QED) is 0.618. The van der Waals surface area contributed by atoms with E-state index in [4.69, 9.17) is 0 Å². The lowest BCUT2D eigenvalue weighted by Crippen LogP contribution is -2.13. The van der Waals surface area contributed by atoms with Gasteiger partial charge in [-0.2, -0.15) is 13.2 Å². The highest BCUT2D eigenvalue weighted by Crippen LogP contribution is 2.51. The molecule has 0 unspecified atom stereocenters. The number of aromatic nitrogens is 2. The third-order valence-corrected chi connectivity index (χ3v) is 4.43. The lowest BCUT2D eigenvalue weighted by molar-refractivity contribution is -0.142. The second-order valence-corrected chi connectivity index (χ2v) is 5.79. The summed E-state index contributed by atoms with van der Waals surface area (Å²) < 4.78 is 41.6. The molecule has 8 heteroatoms. The number of esters is 1. The van der Waals surface area contributed by atoms with E-state index in [-0.39, 0.29) is 11.4 Å². The SMILES string of the molecule is COC(=O)CC1(CSc2ccc(C(F)(F)F)nn2)CC1. The summed E-state index contributed by atoms with van der Waals surface area (Å²) in [6.45, 7) is 0. The Hall–Kier alpha value is -1.31. The second kappa shape index (κ2) is 5.59. The van der Waals surface area contributed by atoms with Gasteiger partial charge in [0.15, 0.2) is 5.69 Å². The minimum absolute atomic E-state index is 0.0951. The van der Waals surface area contributed by atoms with Crippen molar-refractivity contribution >= 4 is 17.7 Å². The van der Waals surface area contributed by atoms with E-state index in [0.717, 1.165) is 18.9 Å². The molecule has 1 aliphatic carbocycles. The molecule has 0 aromatic carbocycles. The van der Waals surface area contributed by atoms with Crippen LogP contribution in [-0.4, -0.2) is 29.0 Å². The Morgan fingerprint density at radius 3 is 2.55 bits per heavy atom. The Bertz CT molecular complexity index is 486. The highest BCUT2D eigenvalue weighted by atomic mass is 32.2. The van der Waals surface area contributed by atoms with Gasteiger partial charge in [-0.3, -0.25) is 4.79 Å². The first-order chi connectivity index (χ1) is 9.35. The molecule has 20 heavy (non-hydrogen) atoms. The van der Waals surface area contributed by atoms with E-state index in [2.05, 4.69) is 14.9 Å². The second-order valence-electron chi connectivity index (χ2n) is 4.80. The molecule has 0 bridgehead atoms. The fraction of sp³-hybridized carbons (Fsp3) is 0.583. The first kappa shape index (κ1) is 15.1. The number of ether oxygens (including phenoxy) is 1. The van der Waals surface area contributed by atoms with Crippen LogP contribution in [0.4, 0.5) is 13.2 Å². The molecule has 1 aromatic heterocycles. The van der Waals surface area contributed by atoms with Crippen molar-refractivity contribution in [2.45, 2.75) is 30.5 Å². The van der Waals surface area contributed by atoms with Crippen LogP contribution in [0, 0.1) is 5.41 Å². The van der Waals surface area contributed by atoms with E-state index in [0.29, 0.717) is 17.2 Å². The van der Waals surface area contributed by atoms with Crippen LogP contribution in [-0.2, 0) is 15.7 Å². The van der Waals surface area contributed by atoms with E-state index in [1.54, 1.807) is 0 Å². The van der Waals surface area contributed by atoms with E-state index >= 15 is 0 Å². The van der Waals surface area contributed by atoms with Gasteiger partial charge >= 0.3 is 12.1 Å². The van der Waals surface area contributed by atoms with Gasteiger partial charge in [-0.1, -0.05) is 0 Å². The van der Waals surface area contributed by atoms with Gasteiger partial charge in [-0.25, -0.2) is 0 Å². The van der Waals surface area contributed by atoms with Crippen LogP contribution >= 0.6 is 11.8 Å². The predicted octanol–water partition coefficient (Wildman–Crippen LogP) is 2.93. The normalized spacial score (nSPS) is 16.8. The molecule has 0 atom stereocenters. The topological polar surface area (TPSA) is 52.1 Å². The number of hydrogen-bond acceptors (Lipinski definition) is 5.